The van der Waals surface area contributed by atoms with Crippen molar-refractivity contribution in [1.29, 1.82) is 0 Å². The summed E-state index contributed by atoms with van der Waals surface area (Å²) in [7, 11) is 0. The van der Waals surface area contributed by atoms with Crippen molar-refractivity contribution in [3.63, 3.8) is 0 Å². The lowest BCUT2D eigenvalue weighted by Gasteiger charge is -2.10. The molecule has 5 nitrogen and oxygen atoms in total. The van der Waals surface area contributed by atoms with Crippen molar-refractivity contribution in [3.8, 4) is 22.4 Å². The summed E-state index contributed by atoms with van der Waals surface area (Å²) >= 11 is 0. The fraction of sp³-hybridized carbons (Fsp3) is 0.0625. The van der Waals surface area contributed by atoms with Crippen LogP contribution < -0.4 is 11.5 Å². The third kappa shape index (κ3) is 1.74. The van der Waals surface area contributed by atoms with Gasteiger partial charge in [-0.25, -0.2) is 0 Å². The first-order valence-electron chi connectivity index (χ1n) is 6.70. The van der Waals surface area contributed by atoms with Crippen molar-refractivity contribution in [2.45, 2.75) is 6.42 Å². The molecule has 0 bridgehead atoms. The van der Waals surface area contributed by atoms with Crippen LogP contribution in [0.5, 0.6) is 0 Å². The van der Waals surface area contributed by atoms with Gasteiger partial charge in [-0.3, -0.25) is 0 Å². The first-order chi connectivity index (χ1) is 10.2. The minimum absolute atomic E-state index is 0.0872. The molecule has 1 heterocycles. The fourth-order valence-electron chi connectivity index (χ4n) is 2.93. The summed E-state index contributed by atoms with van der Waals surface area (Å²) < 4.78 is 0. The van der Waals surface area contributed by atoms with Crippen LogP contribution in [0.4, 0.5) is 11.8 Å². The molecule has 4 rings (SSSR count). The summed E-state index contributed by atoms with van der Waals surface area (Å²) in [5.41, 5.74) is 18.0. The van der Waals surface area contributed by atoms with E-state index in [0.29, 0.717) is 11.5 Å². The van der Waals surface area contributed by atoms with Crippen molar-refractivity contribution >= 4 is 11.8 Å². The monoisotopic (exact) mass is 275 g/mol. The summed E-state index contributed by atoms with van der Waals surface area (Å²) in [6, 6.07) is 14.5. The second-order valence-corrected chi connectivity index (χ2v) is 5.08. The van der Waals surface area contributed by atoms with Gasteiger partial charge in [0.25, 0.3) is 0 Å². The molecule has 2 aromatic carbocycles. The van der Waals surface area contributed by atoms with Crippen LogP contribution in [0.2, 0.25) is 0 Å². The van der Waals surface area contributed by atoms with Gasteiger partial charge in [0.2, 0.25) is 5.95 Å². The Balaban J connectivity index is 2.00. The number of hydrogen-bond donors (Lipinski definition) is 2. The van der Waals surface area contributed by atoms with Crippen LogP contribution >= 0.6 is 0 Å². The highest BCUT2D eigenvalue weighted by atomic mass is 15.2. The van der Waals surface area contributed by atoms with E-state index >= 15 is 0 Å². The number of rotatable bonds is 1. The van der Waals surface area contributed by atoms with Crippen LogP contribution in [0.1, 0.15) is 11.1 Å². The van der Waals surface area contributed by atoms with Gasteiger partial charge in [-0.05, 0) is 28.7 Å². The zero-order valence-corrected chi connectivity index (χ0v) is 11.2. The number of anilines is 2. The predicted molar refractivity (Wildman–Crippen MR) is 82.3 cm³/mol. The van der Waals surface area contributed by atoms with E-state index in [1.165, 1.54) is 22.3 Å². The van der Waals surface area contributed by atoms with E-state index in [2.05, 4.69) is 39.4 Å². The number of hydrogen-bond acceptors (Lipinski definition) is 5. The Labute approximate surface area is 121 Å². The Morgan fingerprint density at radius 2 is 1.57 bits per heavy atom. The summed E-state index contributed by atoms with van der Waals surface area (Å²) in [5.74, 6) is 0.393. The molecule has 0 amide bonds. The minimum atomic E-state index is 0.0872. The maximum absolute atomic E-state index is 5.97. The molecule has 4 N–H and O–H groups in total. The van der Waals surface area contributed by atoms with Gasteiger partial charge in [-0.1, -0.05) is 42.5 Å². The van der Waals surface area contributed by atoms with Crippen molar-refractivity contribution < 1.29 is 0 Å². The van der Waals surface area contributed by atoms with Crippen molar-refractivity contribution in [2.75, 3.05) is 11.5 Å². The standard InChI is InChI=1S/C16H13N5/c17-15-14(20-21-16(18)19-15)12-7-3-5-10-8-9-4-1-2-6-11(9)13(10)12/h1-7H,8H2,(H4,17,18,19,21). The molecule has 0 spiro atoms. The Kier molecular flexibility index (Phi) is 2.41. The molecule has 3 aromatic rings. The third-order valence-electron chi connectivity index (χ3n) is 3.80. The van der Waals surface area contributed by atoms with Crippen LogP contribution in [0.25, 0.3) is 22.4 Å². The average molecular weight is 275 g/mol. The smallest absolute Gasteiger partial charge is 0.242 e. The van der Waals surface area contributed by atoms with E-state index in [0.717, 1.165) is 12.0 Å². The second-order valence-electron chi connectivity index (χ2n) is 5.08. The molecule has 0 fully saturated rings. The highest BCUT2D eigenvalue weighted by Gasteiger charge is 2.23. The fourth-order valence-corrected chi connectivity index (χ4v) is 2.93. The number of fused-ring (bicyclic) bond motifs is 3. The van der Waals surface area contributed by atoms with E-state index in [1.54, 1.807) is 0 Å². The molecule has 0 atom stereocenters. The second kappa shape index (κ2) is 4.28. The number of nitrogens with zero attached hydrogens (tertiary/aromatic N) is 3. The number of aromatic nitrogens is 3. The topological polar surface area (TPSA) is 90.7 Å². The Morgan fingerprint density at radius 3 is 2.43 bits per heavy atom. The molecule has 5 heteroatoms. The Bertz CT molecular complexity index is 857. The van der Waals surface area contributed by atoms with E-state index in [4.69, 9.17) is 11.5 Å². The highest BCUT2D eigenvalue weighted by Crippen LogP contribution is 2.42. The molecule has 102 valence electrons. The zero-order valence-electron chi connectivity index (χ0n) is 11.2. The highest BCUT2D eigenvalue weighted by molar-refractivity contribution is 5.91. The maximum Gasteiger partial charge on any atom is 0.242 e. The number of nitrogen functional groups attached to an aromatic ring is 2. The molecular formula is C16H13N5. The molecule has 0 radical (unpaired) electrons. The minimum Gasteiger partial charge on any atom is -0.382 e. The molecule has 1 aliphatic carbocycles. The summed E-state index contributed by atoms with van der Waals surface area (Å²) in [6.07, 6.45) is 0.926. The van der Waals surface area contributed by atoms with E-state index in [-0.39, 0.29) is 5.95 Å². The zero-order chi connectivity index (χ0) is 14.4. The van der Waals surface area contributed by atoms with E-state index in [1.807, 2.05) is 18.2 Å². The van der Waals surface area contributed by atoms with Crippen LogP contribution in [0.3, 0.4) is 0 Å². The lowest BCUT2D eigenvalue weighted by molar-refractivity contribution is 1.000. The lowest BCUT2D eigenvalue weighted by Crippen LogP contribution is -2.05. The number of nitrogens with two attached hydrogens (primary N) is 2. The lowest BCUT2D eigenvalue weighted by atomic mass is 9.97. The molecule has 0 saturated carbocycles. The Morgan fingerprint density at radius 1 is 0.810 bits per heavy atom. The largest absolute Gasteiger partial charge is 0.382 e. The molecule has 0 saturated heterocycles. The van der Waals surface area contributed by atoms with Crippen molar-refractivity contribution in [3.05, 3.63) is 53.6 Å². The third-order valence-corrected chi connectivity index (χ3v) is 3.80. The van der Waals surface area contributed by atoms with Crippen molar-refractivity contribution in [1.82, 2.24) is 15.2 Å². The normalized spacial score (nSPS) is 12.0. The molecular weight excluding hydrogens is 262 g/mol. The number of benzene rings is 2. The summed E-state index contributed by atoms with van der Waals surface area (Å²) in [4.78, 5) is 4.01. The van der Waals surface area contributed by atoms with Gasteiger partial charge in [-0.15, -0.1) is 10.2 Å². The van der Waals surface area contributed by atoms with Gasteiger partial charge in [0.15, 0.2) is 5.82 Å². The van der Waals surface area contributed by atoms with Gasteiger partial charge in [0, 0.05) is 5.56 Å². The van der Waals surface area contributed by atoms with E-state index < -0.39 is 0 Å². The predicted octanol–water partition coefficient (Wildman–Crippen LogP) is 2.27. The first-order valence-corrected chi connectivity index (χ1v) is 6.70. The summed E-state index contributed by atoms with van der Waals surface area (Å²) in [6.45, 7) is 0. The SMILES string of the molecule is Nc1nnc(-c2cccc3c2-c2ccccc2C3)c(N)n1. The molecule has 1 aromatic heterocycles. The van der Waals surface area contributed by atoms with Crippen LogP contribution in [-0.4, -0.2) is 15.2 Å². The van der Waals surface area contributed by atoms with Gasteiger partial charge < -0.3 is 11.5 Å². The molecule has 21 heavy (non-hydrogen) atoms. The van der Waals surface area contributed by atoms with Crippen LogP contribution in [-0.2, 0) is 6.42 Å². The Hall–Kier alpha value is -2.95. The maximum atomic E-state index is 5.97. The van der Waals surface area contributed by atoms with Crippen molar-refractivity contribution in [2.24, 2.45) is 0 Å². The molecule has 1 aliphatic rings. The van der Waals surface area contributed by atoms with E-state index in [9.17, 15) is 0 Å². The van der Waals surface area contributed by atoms with Gasteiger partial charge in [-0.2, -0.15) is 4.98 Å². The van der Waals surface area contributed by atoms with Gasteiger partial charge in [0.05, 0.1) is 0 Å². The summed E-state index contributed by atoms with van der Waals surface area (Å²) in [5, 5.41) is 7.97. The van der Waals surface area contributed by atoms with Crippen LogP contribution in [0.15, 0.2) is 42.5 Å². The quantitative estimate of drug-likeness (QED) is 0.556. The first kappa shape index (κ1) is 11.8. The van der Waals surface area contributed by atoms with Crippen LogP contribution in [0, 0.1) is 0 Å². The average Bonchev–Trinajstić information content (AvgIpc) is 2.86. The van der Waals surface area contributed by atoms with Gasteiger partial charge in [0.1, 0.15) is 5.69 Å². The molecule has 0 unspecified atom stereocenters. The molecule has 0 aliphatic heterocycles. The van der Waals surface area contributed by atoms with Gasteiger partial charge >= 0.3 is 0 Å².